The van der Waals surface area contributed by atoms with Crippen molar-refractivity contribution >= 4 is 15.6 Å². The van der Waals surface area contributed by atoms with Gasteiger partial charge in [0.05, 0.1) is 52.5 Å². The molecule has 0 bridgehead atoms. The summed E-state index contributed by atoms with van der Waals surface area (Å²) in [5.74, 6) is 0.143. The number of pyridine rings is 1. The lowest BCUT2D eigenvalue weighted by molar-refractivity contribution is -0.124. The van der Waals surface area contributed by atoms with Crippen molar-refractivity contribution in [2.75, 3.05) is 20.3 Å². The molecule has 1 aliphatic carbocycles. The summed E-state index contributed by atoms with van der Waals surface area (Å²) >= 11 is 0. The number of aromatic nitrogens is 5. The number of Topliss-reactive ketones (excluding diaryl/α,β-unsaturated/α-hetero) is 1. The number of hydrogen-bond donors (Lipinski definition) is 0. The molecular weight excluding hydrogens is 494 g/mol. The average Bonchev–Trinajstić information content (AvgIpc) is 3.75. The Morgan fingerprint density at radius 3 is 2.51 bits per heavy atom. The van der Waals surface area contributed by atoms with Crippen molar-refractivity contribution in [1.29, 1.82) is 0 Å². The highest BCUT2D eigenvalue weighted by molar-refractivity contribution is 7.91. The van der Waals surface area contributed by atoms with Gasteiger partial charge in [0.2, 0.25) is 5.88 Å². The summed E-state index contributed by atoms with van der Waals surface area (Å²) in [4.78, 5) is 35.4. The fourth-order valence-electron chi connectivity index (χ4n) is 3.95. The van der Waals surface area contributed by atoms with Crippen molar-refractivity contribution in [3.05, 3.63) is 60.2 Å². The molecule has 0 aromatic carbocycles. The van der Waals surface area contributed by atoms with E-state index in [1.54, 1.807) is 38.7 Å². The van der Waals surface area contributed by atoms with Gasteiger partial charge in [-0.2, -0.15) is 0 Å². The monoisotopic (exact) mass is 525 g/mol. The maximum Gasteiger partial charge on any atom is 0.232 e. The zero-order valence-corrected chi connectivity index (χ0v) is 22.1. The first-order valence-electron chi connectivity index (χ1n) is 12.2. The van der Waals surface area contributed by atoms with E-state index in [9.17, 15) is 13.2 Å². The number of rotatable bonds is 13. The molecule has 3 heterocycles. The van der Waals surface area contributed by atoms with Crippen LogP contribution in [-0.4, -0.2) is 64.7 Å². The van der Waals surface area contributed by atoms with Crippen LogP contribution in [0.25, 0.3) is 11.3 Å². The van der Waals surface area contributed by atoms with Gasteiger partial charge in [0, 0.05) is 50.0 Å². The largest absolute Gasteiger partial charge is 0.477 e. The second-order valence-corrected chi connectivity index (χ2v) is 11.6. The first kappa shape index (κ1) is 26.7. The molecule has 1 saturated carbocycles. The van der Waals surface area contributed by atoms with Crippen LogP contribution in [-0.2, 0) is 37.0 Å². The van der Waals surface area contributed by atoms with E-state index in [0.29, 0.717) is 61.1 Å². The Balaban J connectivity index is 1.53. The van der Waals surface area contributed by atoms with Crippen LogP contribution < -0.4 is 4.74 Å². The molecule has 196 valence electrons. The van der Waals surface area contributed by atoms with E-state index < -0.39 is 15.3 Å². The quantitative estimate of drug-likeness (QED) is 0.328. The van der Waals surface area contributed by atoms with Crippen molar-refractivity contribution in [1.82, 2.24) is 24.9 Å². The van der Waals surface area contributed by atoms with Gasteiger partial charge in [-0.3, -0.25) is 24.7 Å². The van der Waals surface area contributed by atoms with Crippen LogP contribution in [0.4, 0.5) is 0 Å². The third kappa shape index (κ3) is 6.53. The lowest BCUT2D eigenvalue weighted by atomic mass is 9.77. The second-order valence-electron chi connectivity index (χ2n) is 9.29. The zero-order valence-electron chi connectivity index (χ0n) is 21.3. The van der Waals surface area contributed by atoms with Crippen LogP contribution in [0.3, 0.4) is 0 Å². The fourth-order valence-corrected chi connectivity index (χ4v) is 5.60. The normalized spacial score (nSPS) is 15.2. The molecule has 3 aromatic heterocycles. The van der Waals surface area contributed by atoms with E-state index in [4.69, 9.17) is 9.47 Å². The molecule has 1 aliphatic rings. The van der Waals surface area contributed by atoms with Crippen LogP contribution in [0.1, 0.15) is 50.2 Å². The van der Waals surface area contributed by atoms with E-state index >= 15 is 0 Å². The summed E-state index contributed by atoms with van der Waals surface area (Å²) in [6.45, 7) is 4.49. The van der Waals surface area contributed by atoms with E-state index in [0.717, 1.165) is 5.56 Å². The Bertz CT molecular complexity index is 1350. The highest BCUT2D eigenvalue weighted by Crippen LogP contribution is 2.32. The lowest BCUT2D eigenvalue weighted by Gasteiger charge is -2.27. The molecule has 10 nitrogen and oxygen atoms in total. The second kappa shape index (κ2) is 11.4. The van der Waals surface area contributed by atoms with Crippen LogP contribution >= 0.6 is 0 Å². The summed E-state index contributed by atoms with van der Waals surface area (Å²) < 4.78 is 35.6. The Morgan fingerprint density at radius 1 is 1.05 bits per heavy atom. The van der Waals surface area contributed by atoms with Crippen molar-refractivity contribution in [2.45, 2.75) is 55.9 Å². The molecule has 1 atom stereocenters. The van der Waals surface area contributed by atoms with Gasteiger partial charge < -0.3 is 9.47 Å². The minimum Gasteiger partial charge on any atom is -0.477 e. The van der Waals surface area contributed by atoms with E-state index in [1.165, 1.54) is 12.4 Å². The van der Waals surface area contributed by atoms with Crippen molar-refractivity contribution in [3.8, 4) is 17.1 Å². The first-order chi connectivity index (χ1) is 17.7. The predicted octanol–water partition coefficient (Wildman–Crippen LogP) is 2.91. The number of carbonyl (C=O) groups is 1. The highest BCUT2D eigenvalue weighted by atomic mass is 32.2. The third-order valence-electron chi connectivity index (χ3n) is 6.42. The SMILES string of the molecule is CCOc1cncc(-c2ccc(CC(=O)C(C)(CCOC)c3cncc(CS(=O)(=O)C4CC4)n3)nc2)n1. The summed E-state index contributed by atoms with van der Waals surface area (Å²) in [5.41, 5.74) is 1.71. The van der Waals surface area contributed by atoms with E-state index in [-0.39, 0.29) is 23.2 Å². The molecule has 0 spiro atoms. The lowest BCUT2D eigenvalue weighted by Crippen LogP contribution is -2.37. The minimum atomic E-state index is -3.26. The van der Waals surface area contributed by atoms with Crippen molar-refractivity contribution < 1.29 is 22.7 Å². The Hall–Kier alpha value is -3.31. The summed E-state index contributed by atoms with van der Waals surface area (Å²) in [7, 11) is -1.69. The molecule has 4 rings (SSSR count). The average molecular weight is 526 g/mol. The van der Waals surface area contributed by atoms with E-state index in [2.05, 4.69) is 24.9 Å². The molecule has 0 N–H and O–H groups in total. The van der Waals surface area contributed by atoms with Gasteiger partial charge in [-0.25, -0.2) is 13.4 Å². The maximum absolute atomic E-state index is 13.6. The third-order valence-corrected chi connectivity index (χ3v) is 8.60. The molecule has 0 aliphatic heterocycles. The molecule has 0 amide bonds. The van der Waals surface area contributed by atoms with Gasteiger partial charge in [0.15, 0.2) is 15.6 Å². The van der Waals surface area contributed by atoms with Gasteiger partial charge in [-0.15, -0.1) is 0 Å². The summed E-state index contributed by atoms with van der Waals surface area (Å²) in [6, 6.07) is 3.62. The minimum absolute atomic E-state index is 0.0669. The van der Waals surface area contributed by atoms with E-state index in [1.807, 2.05) is 13.0 Å². The molecule has 1 fully saturated rings. The number of nitrogens with zero attached hydrogens (tertiary/aromatic N) is 5. The molecule has 37 heavy (non-hydrogen) atoms. The van der Waals surface area contributed by atoms with Crippen LogP contribution in [0.2, 0.25) is 0 Å². The Morgan fingerprint density at radius 2 is 1.84 bits per heavy atom. The molecule has 3 aromatic rings. The number of methoxy groups -OCH3 is 1. The molecule has 11 heteroatoms. The van der Waals surface area contributed by atoms with Gasteiger partial charge >= 0.3 is 0 Å². The Labute approximate surface area is 216 Å². The predicted molar refractivity (Wildman–Crippen MR) is 137 cm³/mol. The van der Waals surface area contributed by atoms with Crippen LogP contribution in [0, 0.1) is 0 Å². The number of carbonyl (C=O) groups excluding carboxylic acids is 1. The number of ether oxygens (including phenoxy) is 2. The van der Waals surface area contributed by atoms with Gasteiger partial charge in [0.25, 0.3) is 0 Å². The fraction of sp³-hybridized carbons (Fsp3) is 0.462. The standard InChI is InChI=1S/C26H31N5O5S/c1-4-36-25-16-28-14-22(31-25)18-5-6-19(29-12-18)11-24(32)26(2,9-10-35-3)23-15-27-13-20(30-23)17-37(33,34)21-7-8-21/h5-6,12-16,21H,4,7-11,17H2,1-3H3. The molecular formula is C26H31N5O5S. The number of sulfone groups is 1. The van der Waals surface area contributed by atoms with Crippen molar-refractivity contribution in [3.63, 3.8) is 0 Å². The topological polar surface area (TPSA) is 134 Å². The molecule has 0 radical (unpaired) electrons. The van der Waals surface area contributed by atoms with Gasteiger partial charge in [0.1, 0.15) is 0 Å². The van der Waals surface area contributed by atoms with Gasteiger partial charge in [-0.05, 0) is 45.2 Å². The summed E-state index contributed by atoms with van der Waals surface area (Å²) in [6.07, 6.45) is 9.62. The molecule has 1 unspecified atom stereocenters. The Kier molecular flexibility index (Phi) is 8.23. The van der Waals surface area contributed by atoms with Crippen molar-refractivity contribution in [2.24, 2.45) is 0 Å². The number of hydrogen-bond acceptors (Lipinski definition) is 10. The maximum atomic E-state index is 13.6. The highest BCUT2D eigenvalue weighted by Gasteiger charge is 2.38. The summed E-state index contributed by atoms with van der Waals surface area (Å²) in [5, 5.41) is -0.291. The first-order valence-corrected chi connectivity index (χ1v) is 13.9. The van der Waals surface area contributed by atoms with Crippen LogP contribution in [0.15, 0.2) is 43.1 Å². The van der Waals surface area contributed by atoms with Gasteiger partial charge in [-0.1, -0.05) is 0 Å². The van der Waals surface area contributed by atoms with Crippen LogP contribution in [0.5, 0.6) is 5.88 Å². The number of ketones is 1. The molecule has 0 saturated heterocycles. The smallest absolute Gasteiger partial charge is 0.232 e. The zero-order chi connectivity index (χ0) is 26.5.